The molecule has 4 heterocycles. The summed E-state index contributed by atoms with van der Waals surface area (Å²) in [6.07, 6.45) is 3.43. The largest absolute Gasteiger partial charge is 0.444 e. The standard InChI is InChI=1S/C16H27N3O3/c1-15(2,3)22-14(21)19-8-4-12(19)13(20)17-16-5-9-18(10-6-16)11-7-16/h12H,4-11H2,1-3H3,(H,17,20)/t12-/m1/s1. The first-order valence-corrected chi connectivity index (χ1v) is 8.32. The number of piperidine rings is 3. The summed E-state index contributed by atoms with van der Waals surface area (Å²) in [5, 5.41) is 3.25. The molecule has 22 heavy (non-hydrogen) atoms. The lowest BCUT2D eigenvalue weighted by Gasteiger charge is -2.50. The number of ether oxygens (including phenoxy) is 1. The summed E-state index contributed by atoms with van der Waals surface area (Å²) in [6.45, 7) is 9.34. The Labute approximate surface area is 132 Å². The molecule has 1 N–H and O–H groups in total. The maximum atomic E-state index is 12.6. The van der Waals surface area contributed by atoms with Crippen LogP contribution in [0.3, 0.4) is 0 Å². The van der Waals surface area contributed by atoms with Gasteiger partial charge in [0.2, 0.25) is 5.91 Å². The van der Waals surface area contributed by atoms with Gasteiger partial charge < -0.3 is 15.0 Å². The summed E-state index contributed by atoms with van der Waals surface area (Å²) in [5.41, 5.74) is -0.566. The zero-order valence-electron chi connectivity index (χ0n) is 13.9. The highest BCUT2D eigenvalue weighted by molar-refractivity contribution is 5.87. The van der Waals surface area contributed by atoms with Gasteiger partial charge in [-0.3, -0.25) is 9.69 Å². The second kappa shape index (κ2) is 5.41. The zero-order chi connectivity index (χ0) is 16.0. The normalized spacial score (nSPS) is 34.0. The lowest BCUT2D eigenvalue weighted by atomic mass is 9.79. The monoisotopic (exact) mass is 309 g/mol. The molecule has 0 aromatic carbocycles. The van der Waals surface area contributed by atoms with E-state index in [2.05, 4.69) is 10.2 Å². The molecular weight excluding hydrogens is 282 g/mol. The summed E-state index contributed by atoms with van der Waals surface area (Å²) in [4.78, 5) is 28.7. The quantitative estimate of drug-likeness (QED) is 0.836. The molecule has 124 valence electrons. The Morgan fingerprint density at radius 1 is 1.09 bits per heavy atom. The van der Waals surface area contributed by atoms with Crippen LogP contribution in [0, 0.1) is 0 Å². The average Bonchev–Trinajstić information content (AvgIpc) is 2.36. The molecule has 0 aromatic heterocycles. The van der Waals surface area contributed by atoms with E-state index in [1.165, 1.54) is 0 Å². The molecule has 0 aromatic rings. The molecule has 4 fully saturated rings. The molecule has 4 aliphatic rings. The minimum atomic E-state index is -0.525. The Hall–Kier alpha value is -1.30. The molecule has 1 atom stereocenters. The summed E-state index contributed by atoms with van der Waals surface area (Å²) in [5.74, 6) is -0.00698. The van der Waals surface area contributed by atoms with Crippen molar-refractivity contribution in [1.29, 1.82) is 0 Å². The van der Waals surface area contributed by atoms with Crippen molar-refractivity contribution in [2.75, 3.05) is 26.2 Å². The number of carbonyl (C=O) groups is 2. The van der Waals surface area contributed by atoms with Gasteiger partial charge in [0.25, 0.3) is 0 Å². The number of amides is 2. The predicted octanol–water partition coefficient (Wildman–Crippen LogP) is 1.35. The number of nitrogens with one attached hydrogen (secondary N) is 1. The van der Waals surface area contributed by atoms with Gasteiger partial charge in [-0.1, -0.05) is 0 Å². The summed E-state index contributed by atoms with van der Waals surface area (Å²) >= 11 is 0. The van der Waals surface area contributed by atoms with E-state index in [4.69, 9.17) is 4.74 Å². The van der Waals surface area contributed by atoms with Crippen molar-refractivity contribution in [2.24, 2.45) is 0 Å². The van der Waals surface area contributed by atoms with Crippen LogP contribution in [0.15, 0.2) is 0 Å². The fourth-order valence-corrected chi connectivity index (χ4v) is 3.56. The molecule has 4 aliphatic heterocycles. The first kappa shape index (κ1) is 15.6. The van der Waals surface area contributed by atoms with Crippen LogP contribution in [-0.4, -0.2) is 65.2 Å². The van der Waals surface area contributed by atoms with Gasteiger partial charge >= 0.3 is 6.09 Å². The molecule has 0 aliphatic carbocycles. The van der Waals surface area contributed by atoms with Gasteiger partial charge in [-0.2, -0.15) is 0 Å². The third-order valence-corrected chi connectivity index (χ3v) is 5.06. The van der Waals surface area contributed by atoms with Crippen molar-refractivity contribution in [2.45, 2.75) is 63.6 Å². The molecule has 6 heteroatoms. The predicted molar refractivity (Wildman–Crippen MR) is 82.5 cm³/mol. The molecule has 0 saturated carbocycles. The summed E-state index contributed by atoms with van der Waals surface area (Å²) < 4.78 is 5.37. The molecule has 4 saturated heterocycles. The van der Waals surface area contributed by atoms with E-state index < -0.39 is 5.60 Å². The van der Waals surface area contributed by atoms with Crippen molar-refractivity contribution >= 4 is 12.0 Å². The highest BCUT2D eigenvalue weighted by Crippen LogP contribution is 2.32. The van der Waals surface area contributed by atoms with Gasteiger partial charge in [0.1, 0.15) is 11.6 Å². The van der Waals surface area contributed by atoms with E-state index >= 15 is 0 Å². The van der Waals surface area contributed by atoms with Gasteiger partial charge in [-0.15, -0.1) is 0 Å². The van der Waals surface area contributed by atoms with E-state index in [0.29, 0.717) is 6.54 Å². The SMILES string of the molecule is CC(C)(C)OC(=O)N1CC[C@@H]1C(=O)NC12CCN(CC1)CC2. The maximum absolute atomic E-state index is 12.6. The van der Waals surface area contributed by atoms with Gasteiger partial charge in [-0.05, 0) is 46.5 Å². The smallest absolute Gasteiger partial charge is 0.410 e. The van der Waals surface area contributed by atoms with Gasteiger partial charge in [0.05, 0.1) is 0 Å². The van der Waals surface area contributed by atoms with E-state index in [1.54, 1.807) is 4.90 Å². The van der Waals surface area contributed by atoms with Gasteiger partial charge in [0.15, 0.2) is 0 Å². The molecule has 2 bridgehead atoms. The first-order chi connectivity index (χ1) is 10.3. The lowest BCUT2D eigenvalue weighted by Crippen LogP contribution is -2.66. The van der Waals surface area contributed by atoms with Gasteiger partial charge in [0, 0.05) is 31.7 Å². The Kier molecular flexibility index (Phi) is 3.83. The third-order valence-electron chi connectivity index (χ3n) is 5.06. The van der Waals surface area contributed by atoms with Crippen LogP contribution in [0.25, 0.3) is 0 Å². The lowest BCUT2D eigenvalue weighted by molar-refractivity contribution is -0.134. The molecule has 0 radical (unpaired) electrons. The number of likely N-dealkylation sites (tertiary alicyclic amines) is 1. The first-order valence-electron chi connectivity index (χ1n) is 8.32. The van der Waals surface area contributed by atoms with Crippen molar-refractivity contribution in [3.05, 3.63) is 0 Å². The van der Waals surface area contributed by atoms with Crippen LogP contribution in [0.5, 0.6) is 0 Å². The van der Waals surface area contributed by atoms with Gasteiger partial charge in [-0.25, -0.2) is 4.79 Å². The Balaban J connectivity index is 1.57. The van der Waals surface area contributed by atoms with Crippen LogP contribution in [0.1, 0.15) is 46.5 Å². The molecule has 0 spiro atoms. The van der Waals surface area contributed by atoms with Crippen LogP contribution >= 0.6 is 0 Å². The van der Waals surface area contributed by atoms with Crippen molar-refractivity contribution in [1.82, 2.24) is 15.1 Å². The summed E-state index contributed by atoms with van der Waals surface area (Å²) in [6, 6.07) is -0.357. The average molecular weight is 309 g/mol. The number of carbonyl (C=O) groups excluding carboxylic acids is 2. The minimum Gasteiger partial charge on any atom is -0.444 e. The van der Waals surface area contributed by atoms with Crippen LogP contribution in [0.2, 0.25) is 0 Å². The van der Waals surface area contributed by atoms with Crippen LogP contribution in [-0.2, 0) is 9.53 Å². The van der Waals surface area contributed by atoms with Crippen LogP contribution in [0.4, 0.5) is 4.79 Å². The number of rotatable bonds is 2. The van der Waals surface area contributed by atoms with Crippen LogP contribution < -0.4 is 5.32 Å². The van der Waals surface area contributed by atoms with E-state index in [0.717, 1.165) is 45.3 Å². The number of nitrogens with zero attached hydrogens (tertiary/aromatic N) is 2. The summed E-state index contributed by atoms with van der Waals surface area (Å²) in [7, 11) is 0. The third kappa shape index (κ3) is 3.07. The number of hydrogen-bond donors (Lipinski definition) is 1. The van der Waals surface area contributed by atoms with Crippen molar-refractivity contribution < 1.29 is 14.3 Å². The Morgan fingerprint density at radius 2 is 1.68 bits per heavy atom. The second-order valence-corrected chi connectivity index (χ2v) is 7.84. The highest BCUT2D eigenvalue weighted by Gasteiger charge is 2.45. The second-order valence-electron chi connectivity index (χ2n) is 7.84. The van der Waals surface area contributed by atoms with Crippen molar-refractivity contribution in [3.8, 4) is 0 Å². The molecular formula is C16H27N3O3. The highest BCUT2D eigenvalue weighted by atomic mass is 16.6. The zero-order valence-corrected chi connectivity index (χ0v) is 13.9. The van der Waals surface area contributed by atoms with E-state index in [9.17, 15) is 9.59 Å². The molecule has 6 nitrogen and oxygen atoms in total. The van der Waals surface area contributed by atoms with Crippen molar-refractivity contribution in [3.63, 3.8) is 0 Å². The number of fused-ring (bicyclic) bond motifs is 3. The maximum Gasteiger partial charge on any atom is 0.410 e. The van der Waals surface area contributed by atoms with E-state index in [1.807, 2.05) is 20.8 Å². The topological polar surface area (TPSA) is 61.9 Å². The Morgan fingerprint density at radius 3 is 2.14 bits per heavy atom. The number of hydrogen-bond acceptors (Lipinski definition) is 4. The molecule has 0 unspecified atom stereocenters. The fraction of sp³-hybridized carbons (Fsp3) is 0.875. The van der Waals surface area contributed by atoms with E-state index in [-0.39, 0.29) is 23.6 Å². The Bertz CT molecular complexity index is 450. The minimum absolute atomic E-state index is 0.00698. The fourth-order valence-electron chi connectivity index (χ4n) is 3.56. The molecule has 2 amide bonds. The molecule has 4 rings (SSSR count).